The minimum Gasteiger partial charge on any atom is -0.350 e. The number of amides is 1. The molecule has 1 aromatic heterocycles. The van der Waals surface area contributed by atoms with Gasteiger partial charge in [-0.05, 0) is 36.1 Å². The van der Waals surface area contributed by atoms with E-state index in [1.54, 1.807) is 24.4 Å². The number of rotatable bonds is 4. The van der Waals surface area contributed by atoms with Crippen LogP contribution in [0.5, 0.6) is 0 Å². The second-order valence-electron chi connectivity index (χ2n) is 5.57. The lowest BCUT2D eigenvalue weighted by molar-refractivity contribution is -0.138. The molecule has 23 heavy (non-hydrogen) atoms. The van der Waals surface area contributed by atoms with Gasteiger partial charge in [0.2, 0.25) is 5.91 Å². The predicted octanol–water partition coefficient (Wildman–Crippen LogP) is 3.52. The normalized spacial score (nSPS) is 20.1. The maximum atomic E-state index is 13.0. The Morgan fingerprint density at radius 1 is 1.17 bits per heavy atom. The molecule has 1 fully saturated rings. The van der Waals surface area contributed by atoms with E-state index in [2.05, 4.69) is 10.3 Å². The highest BCUT2D eigenvalue weighted by Crippen LogP contribution is 2.51. The molecule has 0 radical (unpaired) electrons. The summed E-state index contributed by atoms with van der Waals surface area (Å²) in [7, 11) is 0. The van der Waals surface area contributed by atoms with Gasteiger partial charge in [0.05, 0.1) is 17.8 Å². The summed E-state index contributed by atoms with van der Waals surface area (Å²) >= 11 is 0. The number of carbonyl (C=O) groups excluding carboxylic acids is 1. The van der Waals surface area contributed by atoms with Crippen molar-refractivity contribution >= 4 is 5.91 Å². The lowest BCUT2D eigenvalue weighted by Gasteiger charge is -2.12. The number of aromatic nitrogens is 1. The summed E-state index contributed by atoms with van der Waals surface area (Å²) in [6.07, 6.45) is -2.32. The van der Waals surface area contributed by atoms with Gasteiger partial charge >= 0.3 is 6.18 Å². The van der Waals surface area contributed by atoms with E-state index in [0.29, 0.717) is 12.1 Å². The number of halogens is 3. The molecule has 1 aliphatic carbocycles. The number of nitrogens with zero attached hydrogens (tertiary/aromatic N) is 1. The van der Waals surface area contributed by atoms with Gasteiger partial charge in [0.1, 0.15) is 0 Å². The fraction of sp³-hybridized carbons (Fsp3) is 0.294. The highest BCUT2D eigenvalue weighted by atomic mass is 19.4. The number of hydrogen-bond donors (Lipinski definition) is 1. The van der Waals surface area contributed by atoms with Crippen molar-refractivity contribution < 1.29 is 18.0 Å². The van der Waals surface area contributed by atoms with Crippen LogP contribution in [0.25, 0.3) is 0 Å². The van der Waals surface area contributed by atoms with Crippen LogP contribution in [0.2, 0.25) is 0 Å². The monoisotopic (exact) mass is 320 g/mol. The van der Waals surface area contributed by atoms with Crippen molar-refractivity contribution in [1.82, 2.24) is 10.3 Å². The van der Waals surface area contributed by atoms with Crippen LogP contribution in [0.15, 0.2) is 48.7 Å². The standard InChI is InChI=1S/C17H15F3N2O/c18-17(19,20)15-7-2-1-6-12(15)13-9-14(13)16(23)22-10-11-5-3-4-8-21-11/h1-8,13-14H,9-10H2,(H,22,23). The maximum absolute atomic E-state index is 13.0. The van der Waals surface area contributed by atoms with E-state index in [9.17, 15) is 18.0 Å². The molecule has 1 aromatic carbocycles. The summed E-state index contributed by atoms with van der Waals surface area (Å²) in [6.45, 7) is 0.282. The van der Waals surface area contributed by atoms with Crippen LogP contribution in [-0.2, 0) is 17.5 Å². The van der Waals surface area contributed by atoms with Crippen molar-refractivity contribution in [2.45, 2.75) is 25.1 Å². The molecule has 2 atom stereocenters. The van der Waals surface area contributed by atoms with Crippen LogP contribution in [0.3, 0.4) is 0 Å². The van der Waals surface area contributed by atoms with E-state index in [0.717, 1.165) is 6.07 Å². The molecular weight excluding hydrogens is 305 g/mol. The first-order chi connectivity index (χ1) is 11.0. The van der Waals surface area contributed by atoms with Gasteiger partial charge in [0, 0.05) is 12.1 Å². The first-order valence-corrected chi connectivity index (χ1v) is 7.30. The van der Waals surface area contributed by atoms with E-state index in [-0.39, 0.29) is 23.9 Å². The Balaban J connectivity index is 1.65. The van der Waals surface area contributed by atoms with Crippen LogP contribution in [-0.4, -0.2) is 10.9 Å². The van der Waals surface area contributed by atoms with Gasteiger partial charge in [0.15, 0.2) is 0 Å². The number of benzene rings is 1. The van der Waals surface area contributed by atoms with Gasteiger partial charge in [-0.3, -0.25) is 9.78 Å². The van der Waals surface area contributed by atoms with Gasteiger partial charge in [-0.1, -0.05) is 24.3 Å². The van der Waals surface area contributed by atoms with Crippen molar-refractivity contribution in [2.24, 2.45) is 5.92 Å². The van der Waals surface area contributed by atoms with E-state index in [4.69, 9.17) is 0 Å². The topological polar surface area (TPSA) is 42.0 Å². The SMILES string of the molecule is O=C(NCc1ccccn1)C1CC1c1ccccc1C(F)(F)F. The lowest BCUT2D eigenvalue weighted by atomic mass is 10.0. The summed E-state index contributed by atoms with van der Waals surface area (Å²) in [5.74, 6) is -0.989. The van der Waals surface area contributed by atoms with Gasteiger partial charge < -0.3 is 5.32 Å². The number of hydrogen-bond acceptors (Lipinski definition) is 2. The second kappa shape index (κ2) is 6.02. The molecule has 6 heteroatoms. The molecule has 1 amide bonds. The lowest BCUT2D eigenvalue weighted by Crippen LogP contribution is -2.25. The number of nitrogens with one attached hydrogen (secondary N) is 1. The Labute approximate surface area is 131 Å². The number of carbonyl (C=O) groups is 1. The van der Waals surface area contributed by atoms with E-state index < -0.39 is 17.7 Å². The zero-order valence-electron chi connectivity index (χ0n) is 12.2. The van der Waals surface area contributed by atoms with Crippen molar-refractivity contribution in [3.05, 3.63) is 65.5 Å². The Hall–Kier alpha value is -2.37. The Morgan fingerprint density at radius 2 is 1.91 bits per heavy atom. The third kappa shape index (κ3) is 3.52. The van der Waals surface area contributed by atoms with Crippen LogP contribution in [0, 0.1) is 5.92 Å². The van der Waals surface area contributed by atoms with Crippen LogP contribution >= 0.6 is 0 Å². The third-order valence-electron chi connectivity index (χ3n) is 3.96. The van der Waals surface area contributed by atoms with E-state index in [1.165, 1.54) is 12.1 Å². The molecule has 2 unspecified atom stereocenters. The summed E-state index contributed by atoms with van der Waals surface area (Å²) in [5.41, 5.74) is 0.275. The molecule has 1 heterocycles. The smallest absolute Gasteiger partial charge is 0.350 e. The minimum absolute atomic E-state index is 0.206. The number of pyridine rings is 1. The van der Waals surface area contributed by atoms with E-state index >= 15 is 0 Å². The van der Waals surface area contributed by atoms with E-state index in [1.807, 2.05) is 6.07 Å². The van der Waals surface area contributed by atoms with Crippen LogP contribution in [0.1, 0.15) is 29.2 Å². The molecule has 3 rings (SSSR count). The first kappa shape index (κ1) is 15.5. The van der Waals surface area contributed by atoms with Crippen LogP contribution in [0.4, 0.5) is 13.2 Å². The predicted molar refractivity (Wildman–Crippen MR) is 78.4 cm³/mol. The molecular formula is C17H15F3N2O. The highest BCUT2D eigenvalue weighted by Gasteiger charge is 2.47. The molecule has 1 aliphatic rings. The molecule has 3 nitrogen and oxygen atoms in total. The number of alkyl halides is 3. The maximum Gasteiger partial charge on any atom is 0.416 e. The zero-order chi connectivity index (χ0) is 16.4. The molecule has 0 spiro atoms. The molecule has 1 N–H and O–H groups in total. The molecule has 1 saturated carbocycles. The van der Waals surface area contributed by atoms with Crippen molar-refractivity contribution in [2.75, 3.05) is 0 Å². The largest absolute Gasteiger partial charge is 0.416 e. The van der Waals surface area contributed by atoms with Gasteiger partial charge in [0.25, 0.3) is 0 Å². The van der Waals surface area contributed by atoms with Gasteiger partial charge in [-0.2, -0.15) is 13.2 Å². The molecule has 0 saturated heterocycles. The van der Waals surface area contributed by atoms with Crippen molar-refractivity contribution in [3.63, 3.8) is 0 Å². The summed E-state index contributed by atoms with van der Waals surface area (Å²) in [6, 6.07) is 10.8. The molecule has 2 aromatic rings. The molecule has 0 bridgehead atoms. The fourth-order valence-electron chi connectivity index (χ4n) is 2.72. The average molecular weight is 320 g/mol. The first-order valence-electron chi connectivity index (χ1n) is 7.30. The van der Waals surface area contributed by atoms with Gasteiger partial charge in [-0.15, -0.1) is 0 Å². The fourth-order valence-corrected chi connectivity index (χ4v) is 2.72. The molecule has 0 aliphatic heterocycles. The summed E-state index contributed by atoms with van der Waals surface area (Å²) in [4.78, 5) is 16.2. The second-order valence-corrected chi connectivity index (χ2v) is 5.57. The quantitative estimate of drug-likeness (QED) is 0.936. The van der Waals surface area contributed by atoms with Crippen molar-refractivity contribution in [1.29, 1.82) is 0 Å². The zero-order valence-corrected chi connectivity index (χ0v) is 12.2. The highest BCUT2D eigenvalue weighted by molar-refractivity contribution is 5.83. The third-order valence-corrected chi connectivity index (χ3v) is 3.96. The van der Waals surface area contributed by atoms with Crippen molar-refractivity contribution in [3.8, 4) is 0 Å². The Kier molecular flexibility index (Phi) is 4.07. The Bertz CT molecular complexity index is 700. The summed E-state index contributed by atoms with van der Waals surface area (Å²) < 4.78 is 39.1. The minimum atomic E-state index is -4.39. The molecule has 120 valence electrons. The van der Waals surface area contributed by atoms with Crippen LogP contribution < -0.4 is 5.32 Å². The summed E-state index contributed by atoms with van der Waals surface area (Å²) in [5, 5.41) is 2.74. The Morgan fingerprint density at radius 3 is 2.61 bits per heavy atom. The van der Waals surface area contributed by atoms with Gasteiger partial charge in [-0.25, -0.2) is 0 Å². The average Bonchev–Trinajstić information content (AvgIpc) is 3.33.